The molecule has 0 saturated heterocycles. The van der Waals surface area contributed by atoms with Gasteiger partial charge in [-0.1, -0.05) is 49.0 Å². The quantitative estimate of drug-likeness (QED) is 0.481. The Morgan fingerprint density at radius 1 is 1.33 bits per heavy atom. The summed E-state index contributed by atoms with van der Waals surface area (Å²) >= 11 is 0. The molecule has 0 heterocycles. The standard InChI is InChI=1S/C14H20B/c1-4-5-14(11-15-3)10-13-8-6-12(2)7-9-13/h4,6-9,14H,1,5,10-11H2,2-3H3. The van der Waals surface area contributed by atoms with E-state index in [0.29, 0.717) is 0 Å². The Labute approximate surface area is 94.6 Å². The number of aryl methyl sites for hydroxylation is 1. The number of hydrogen-bond acceptors (Lipinski definition) is 0. The van der Waals surface area contributed by atoms with E-state index in [1.807, 2.05) is 6.08 Å². The molecule has 1 aromatic rings. The lowest BCUT2D eigenvalue weighted by Gasteiger charge is -2.13. The maximum absolute atomic E-state index is 3.82. The highest BCUT2D eigenvalue weighted by atomic mass is 14.1. The van der Waals surface area contributed by atoms with Gasteiger partial charge in [-0.3, -0.25) is 0 Å². The molecule has 0 aliphatic heterocycles. The third-order valence-corrected chi connectivity index (χ3v) is 2.71. The van der Waals surface area contributed by atoms with E-state index >= 15 is 0 Å². The molecule has 1 unspecified atom stereocenters. The summed E-state index contributed by atoms with van der Waals surface area (Å²) in [6.07, 6.45) is 5.48. The first kappa shape index (κ1) is 12.1. The predicted octanol–water partition coefficient (Wildman–Crippen LogP) is 3.90. The summed E-state index contributed by atoms with van der Waals surface area (Å²) in [4.78, 5) is 0. The summed E-state index contributed by atoms with van der Waals surface area (Å²) in [6.45, 7) is 8.08. The molecular weight excluding hydrogens is 179 g/mol. The van der Waals surface area contributed by atoms with Crippen molar-refractivity contribution in [2.75, 3.05) is 0 Å². The van der Waals surface area contributed by atoms with Crippen LogP contribution < -0.4 is 0 Å². The Kier molecular flexibility index (Phi) is 5.24. The van der Waals surface area contributed by atoms with Crippen molar-refractivity contribution in [3.63, 3.8) is 0 Å². The molecule has 1 heteroatoms. The van der Waals surface area contributed by atoms with Gasteiger partial charge in [0.25, 0.3) is 0 Å². The molecule has 0 nitrogen and oxygen atoms in total. The zero-order valence-corrected chi connectivity index (χ0v) is 9.87. The Morgan fingerprint density at radius 2 is 2.00 bits per heavy atom. The minimum absolute atomic E-state index is 0.718. The fourth-order valence-electron chi connectivity index (χ4n) is 1.89. The van der Waals surface area contributed by atoms with E-state index < -0.39 is 0 Å². The van der Waals surface area contributed by atoms with Crippen molar-refractivity contribution in [3.8, 4) is 0 Å². The summed E-state index contributed by atoms with van der Waals surface area (Å²) in [6, 6.07) is 8.86. The van der Waals surface area contributed by atoms with Crippen molar-refractivity contribution in [1.82, 2.24) is 0 Å². The Morgan fingerprint density at radius 3 is 2.53 bits per heavy atom. The van der Waals surface area contributed by atoms with Crippen molar-refractivity contribution in [2.45, 2.75) is 32.9 Å². The van der Waals surface area contributed by atoms with E-state index in [1.54, 1.807) is 0 Å². The minimum Gasteiger partial charge on any atom is -0.103 e. The monoisotopic (exact) mass is 199 g/mol. The second kappa shape index (κ2) is 6.50. The third-order valence-electron chi connectivity index (χ3n) is 2.71. The Bertz CT molecular complexity index is 287. The van der Waals surface area contributed by atoms with Crippen molar-refractivity contribution in [1.29, 1.82) is 0 Å². The van der Waals surface area contributed by atoms with Gasteiger partial charge in [0, 0.05) is 0 Å². The van der Waals surface area contributed by atoms with Crippen molar-refractivity contribution in [3.05, 3.63) is 48.0 Å². The maximum Gasteiger partial charge on any atom is 0.106 e. The van der Waals surface area contributed by atoms with Crippen LogP contribution in [0.25, 0.3) is 0 Å². The molecule has 0 aliphatic carbocycles. The topological polar surface area (TPSA) is 0 Å². The van der Waals surface area contributed by atoms with Crippen LogP contribution in [-0.4, -0.2) is 7.28 Å². The lowest BCUT2D eigenvalue weighted by atomic mass is 9.70. The van der Waals surface area contributed by atoms with Gasteiger partial charge in [-0.2, -0.15) is 0 Å². The first-order valence-corrected chi connectivity index (χ1v) is 5.70. The van der Waals surface area contributed by atoms with E-state index in [9.17, 15) is 0 Å². The third kappa shape index (κ3) is 4.37. The highest BCUT2D eigenvalue weighted by Gasteiger charge is 2.06. The minimum atomic E-state index is 0.718. The number of rotatable bonds is 6. The number of benzene rings is 1. The van der Waals surface area contributed by atoms with Gasteiger partial charge in [0.05, 0.1) is 0 Å². The van der Waals surface area contributed by atoms with E-state index in [-0.39, 0.29) is 0 Å². The van der Waals surface area contributed by atoms with Crippen molar-refractivity contribution in [2.24, 2.45) is 5.92 Å². The smallest absolute Gasteiger partial charge is 0.103 e. The summed E-state index contributed by atoms with van der Waals surface area (Å²) in [5, 5.41) is 0. The molecule has 0 fully saturated rings. The highest BCUT2D eigenvalue weighted by Crippen LogP contribution is 2.17. The predicted molar refractivity (Wildman–Crippen MR) is 69.6 cm³/mol. The van der Waals surface area contributed by atoms with Gasteiger partial charge < -0.3 is 0 Å². The van der Waals surface area contributed by atoms with Gasteiger partial charge in [0.1, 0.15) is 7.28 Å². The summed E-state index contributed by atoms with van der Waals surface area (Å²) in [5.74, 6) is 0.718. The largest absolute Gasteiger partial charge is 0.106 e. The van der Waals surface area contributed by atoms with Crippen LogP contribution in [0.1, 0.15) is 17.5 Å². The first-order chi connectivity index (χ1) is 7.26. The molecular formula is C14H20B. The van der Waals surface area contributed by atoms with Gasteiger partial charge in [-0.05, 0) is 31.2 Å². The average molecular weight is 199 g/mol. The van der Waals surface area contributed by atoms with Gasteiger partial charge in [-0.15, -0.1) is 6.58 Å². The fourth-order valence-corrected chi connectivity index (χ4v) is 1.89. The molecule has 1 rings (SSSR count). The summed E-state index contributed by atoms with van der Waals surface area (Å²) in [7, 11) is 2.25. The van der Waals surface area contributed by atoms with Gasteiger partial charge >= 0.3 is 0 Å². The molecule has 0 aliphatic rings. The van der Waals surface area contributed by atoms with Crippen molar-refractivity contribution < 1.29 is 0 Å². The molecule has 79 valence electrons. The molecule has 1 aromatic carbocycles. The summed E-state index contributed by atoms with van der Waals surface area (Å²) in [5.41, 5.74) is 2.77. The maximum atomic E-state index is 3.82. The second-order valence-corrected chi connectivity index (χ2v) is 4.22. The Balaban J connectivity index is 2.56. The molecule has 0 spiro atoms. The Hall–Kier alpha value is -0.975. The van der Waals surface area contributed by atoms with Gasteiger partial charge in [0.2, 0.25) is 0 Å². The van der Waals surface area contributed by atoms with Crippen LogP contribution in [0.4, 0.5) is 0 Å². The van der Waals surface area contributed by atoms with Gasteiger partial charge in [0.15, 0.2) is 0 Å². The van der Waals surface area contributed by atoms with Crippen molar-refractivity contribution >= 4 is 7.28 Å². The van der Waals surface area contributed by atoms with Crippen LogP contribution >= 0.6 is 0 Å². The van der Waals surface area contributed by atoms with Crippen LogP contribution in [0, 0.1) is 12.8 Å². The molecule has 0 saturated carbocycles. The fraction of sp³-hybridized carbons (Fsp3) is 0.429. The lowest BCUT2D eigenvalue weighted by Crippen LogP contribution is -2.05. The van der Waals surface area contributed by atoms with E-state index in [2.05, 4.69) is 51.9 Å². The van der Waals surface area contributed by atoms with Crippen LogP contribution in [0.3, 0.4) is 0 Å². The van der Waals surface area contributed by atoms with Crippen LogP contribution in [0.15, 0.2) is 36.9 Å². The molecule has 0 bridgehead atoms. The van der Waals surface area contributed by atoms with Crippen LogP contribution in [-0.2, 0) is 6.42 Å². The molecule has 0 amide bonds. The SMILES string of the molecule is C=CCC(C[B]C)Cc1ccc(C)cc1. The van der Waals surface area contributed by atoms with Crippen LogP contribution in [0.5, 0.6) is 0 Å². The van der Waals surface area contributed by atoms with Gasteiger partial charge in [-0.25, -0.2) is 0 Å². The molecule has 1 atom stereocenters. The number of allylic oxidation sites excluding steroid dienone is 1. The molecule has 0 aromatic heterocycles. The van der Waals surface area contributed by atoms with E-state index in [0.717, 1.165) is 18.8 Å². The first-order valence-electron chi connectivity index (χ1n) is 5.70. The molecule has 0 N–H and O–H groups in total. The van der Waals surface area contributed by atoms with E-state index in [1.165, 1.54) is 17.4 Å². The molecule has 15 heavy (non-hydrogen) atoms. The number of hydrogen-bond donors (Lipinski definition) is 0. The highest BCUT2D eigenvalue weighted by molar-refractivity contribution is 6.33. The van der Waals surface area contributed by atoms with E-state index in [4.69, 9.17) is 0 Å². The zero-order valence-electron chi connectivity index (χ0n) is 9.87. The molecule has 1 radical (unpaired) electrons. The second-order valence-electron chi connectivity index (χ2n) is 4.22. The van der Waals surface area contributed by atoms with Crippen LogP contribution in [0.2, 0.25) is 13.1 Å². The lowest BCUT2D eigenvalue weighted by molar-refractivity contribution is 0.587. The average Bonchev–Trinajstić information content (AvgIpc) is 2.22. The normalized spacial score (nSPS) is 12.1. The zero-order chi connectivity index (χ0) is 11.1. The summed E-state index contributed by atoms with van der Waals surface area (Å²) < 4.78 is 0.